The maximum absolute atomic E-state index is 13.0. The van der Waals surface area contributed by atoms with Crippen LogP contribution in [0, 0.1) is 0 Å². The van der Waals surface area contributed by atoms with Crippen molar-refractivity contribution in [3.05, 3.63) is 0 Å². The van der Waals surface area contributed by atoms with Gasteiger partial charge in [0.2, 0.25) is 0 Å². The molecular weight excluding hydrogens is 422 g/mol. The first-order valence-electron chi connectivity index (χ1n) is 5.48. The number of rotatable bonds is 8. The van der Waals surface area contributed by atoms with E-state index in [9.17, 15) is 61.6 Å². The summed E-state index contributed by atoms with van der Waals surface area (Å²) in [6, 6.07) is 0. The van der Waals surface area contributed by atoms with Gasteiger partial charge in [0.1, 0.15) is 0 Å². The molecule has 0 fully saturated rings. The van der Waals surface area contributed by atoms with Crippen molar-refractivity contribution in [1.82, 2.24) is 0 Å². The highest BCUT2D eigenvalue weighted by Gasteiger charge is 2.90. The van der Waals surface area contributed by atoms with Crippen LogP contribution in [0.25, 0.3) is 0 Å². The smallest absolute Gasteiger partial charge is 0.326 e. The molecule has 0 heterocycles. The summed E-state index contributed by atoms with van der Waals surface area (Å²) in [4.78, 5) is 8.04. The summed E-state index contributed by atoms with van der Waals surface area (Å²) in [5.74, 6) is -37.3. The Morgan fingerprint density at radius 2 is 1.04 bits per heavy atom. The highest BCUT2D eigenvalue weighted by molar-refractivity contribution is 7.32. The predicted octanol–water partition coefficient (Wildman–Crippen LogP) is 4.51. The molecule has 0 aromatic heterocycles. The van der Waals surface area contributed by atoms with Crippen molar-refractivity contribution in [2.45, 2.75) is 42.2 Å². The summed E-state index contributed by atoms with van der Waals surface area (Å²) < 4.78 is 177. The van der Waals surface area contributed by atoms with E-state index in [0.717, 1.165) is 0 Å². The van der Waals surface area contributed by atoms with Crippen LogP contribution in [0.2, 0.25) is 0 Å². The first-order chi connectivity index (χ1) is 10.7. The molecule has 0 aliphatic rings. The summed E-state index contributed by atoms with van der Waals surface area (Å²) in [6.45, 7) is -1.89. The quantitative estimate of drug-likeness (QED) is 0.457. The molecule has 1 atom stereocenters. The Morgan fingerprint density at radius 1 is 0.680 bits per heavy atom. The van der Waals surface area contributed by atoms with Gasteiger partial charge in [0.05, 0.1) is 6.61 Å². The molecule has 152 valence electrons. The van der Waals surface area contributed by atoms with Crippen LogP contribution in [0.4, 0.5) is 57.1 Å². The van der Waals surface area contributed by atoms with Crippen LogP contribution in [0.15, 0.2) is 0 Å². The summed E-state index contributed by atoms with van der Waals surface area (Å²) in [7, 11) is -4.04. The molecule has 0 saturated heterocycles. The van der Waals surface area contributed by atoms with Gasteiger partial charge in [-0.2, -0.15) is 57.1 Å². The Hall–Kier alpha value is -0.760. The lowest BCUT2D eigenvalue weighted by Gasteiger charge is -2.39. The van der Waals surface area contributed by atoms with E-state index in [2.05, 4.69) is 4.52 Å². The second-order valence-electron chi connectivity index (χ2n) is 4.36. The molecule has 0 aromatic rings. The summed E-state index contributed by atoms with van der Waals surface area (Å²) in [5.41, 5.74) is 0. The van der Waals surface area contributed by atoms with E-state index in [4.69, 9.17) is 4.89 Å². The van der Waals surface area contributed by atoms with Gasteiger partial charge < -0.3 is 9.42 Å². The average molecular weight is 428 g/mol. The zero-order chi connectivity index (χ0) is 20.7. The molecule has 0 saturated carbocycles. The van der Waals surface area contributed by atoms with Crippen molar-refractivity contribution in [2.24, 2.45) is 0 Å². The highest BCUT2D eigenvalue weighted by atomic mass is 31.1. The van der Waals surface area contributed by atoms with Crippen LogP contribution < -0.4 is 0 Å². The average Bonchev–Trinajstić information content (AvgIpc) is 2.35. The first-order valence-corrected chi connectivity index (χ1v) is 6.74. The third kappa shape index (κ3) is 3.99. The Labute approximate surface area is 129 Å². The van der Waals surface area contributed by atoms with E-state index in [1.54, 1.807) is 0 Å². The van der Waals surface area contributed by atoms with Crippen LogP contribution >= 0.6 is 8.25 Å². The normalized spacial score (nSPS) is 16.9. The fourth-order valence-corrected chi connectivity index (χ4v) is 1.50. The van der Waals surface area contributed by atoms with Crippen molar-refractivity contribution in [2.75, 3.05) is 6.61 Å². The molecule has 0 aliphatic carbocycles. The monoisotopic (exact) mass is 428 g/mol. The van der Waals surface area contributed by atoms with Crippen LogP contribution in [-0.4, -0.2) is 47.3 Å². The zero-order valence-corrected chi connectivity index (χ0v) is 12.1. The van der Waals surface area contributed by atoms with E-state index in [-0.39, 0.29) is 0 Å². The molecule has 17 heteroatoms. The maximum atomic E-state index is 13.0. The molecular formula is C8H6F13O3P. The van der Waals surface area contributed by atoms with Crippen LogP contribution in [-0.2, 0) is 9.09 Å². The highest BCUT2D eigenvalue weighted by Crippen LogP contribution is 2.60. The number of hydrogen-bond donors (Lipinski definition) is 1. The van der Waals surface area contributed by atoms with Gasteiger partial charge in [-0.15, -0.1) is 0 Å². The van der Waals surface area contributed by atoms with Crippen molar-refractivity contribution in [3.63, 3.8) is 0 Å². The maximum Gasteiger partial charge on any atom is 0.460 e. The van der Waals surface area contributed by atoms with Crippen molar-refractivity contribution in [3.8, 4) is 0 Å². The minimum absolute atomic E-state index is 1.89. The van der Waals surface area contributed by atoms with Crippen molar-refractivity contribution in [1.29, 1.82) is 0 Å². The molecule has 0 radical (unpaired) electrons. The van der Waals surface area contributed by atoms with Crippen LogP contribution in [0.1, 0.15) is 6.42 Å². The van der Waals surface area contributed by atoms with E-state index < -0.39 is 57.1 Å². The molecule has 1 N–H and O–H groups in total. The topological polar surface area (TPSA) is 46.5 Å². The summed E-state index contributed by atoms with van der Waals surface area (Å²) in [6.07, 6.45) is -10.1. The molecule has 0 bridgehead atoms. The molecule has 0 amide bonds. The lowest BCUT2D eigenvalue weighted by Crippen LogP contribution is -2.70. The van der Waals surface area contributed by atoms with Gasteiger partial charge in [-0.1, -0.05) is 0 Å². The van der Waals surface area contributed by atoms with Crippen LogP contribution in [0.3, 0.4) is 0 Å². The number of alkyl halides is 13. The van der Waals surface area contributed by atoms with Gasteiger partial charge in [-0.3, -0.25) is 4.57 Å². The Balaban J connectivity index is 5.90. The van der Waals surface area contributed by atoms with Gasteiger partial charge in [0.15, 0.2) is 0 Å². The molecule has 0 spiro atoms. The van der Waals surface area contributed by atoms with E-state index in [0.29, 0.717) is 0 Å². The SMILES string of the molecule is O=[PH](O)OCCC(F)(F)C(F)(F)C(F)(F)C(F)(F)C(F)(F)C(F)(F)F. The molecule has 3 nitrogen and oxygen atoms in total. The Bertz CT molecular complexity index is 500. The molecule has 0 aliphatic heterocycles. The van der Waals surface area contributed by atoms with Crippen molar-refractivity contribution >= 4 is 8.25 Å². The second kappa shape index (κ2) is 6.76. The van der Waals surface area contributed by atoms with Gasteiger partial charge >= 0.3 is 44.0 Å². The number of halogens is 13. The Kier molecular flexibility index (Phi) is 6.55. The first kappa shape index (κ1) is 24.2. The van der Waals surface area contributed by atoms with E-state index in [1.807, 2.05) is 0 Å². The van der Waals surface area contributed by atoms with Crippen molar-refractivity contribution < 1.29 is 71.1 Å². The third-order valence-electron chi connectivity index (χ3n) is 2.64. The molecule has 0 aromatic carbocycles. The van der Waals surface area contributed by atoms with E-state index in [1.165, 1.54) is 0 Å². The summed E-state index contributed by atoms with van der Waals surface area (Å²) in [5, 5.41) is 0. The van der Waals surface area contributed by atoms with Gasteiger partial charge in [-0.25, -0.2) is 0 Å². The summed E-state index contributed by atoms with van der Waals surface area (Å²) >= 11 is 0. The molecule has 0 rings (SSSR count). The largest absolute Gasteiger partial charge is 0.460 e. The Morgan fingerprint density at radius 3 is 1.36 bits per heavy atom. The zero-order valence-electron chi connectivity index (χ0n) is 11.1. The lowest BCUT2D eigenvalue weighted by molar-refractivity contribution is -0.440. The lowest BCUT2D eigenvalue weighted by atomic mass is 9.93. The fraction of sp³-hybridized carbons (Fsp3) is 1.00. The fourth-order valence-electron chi connectivity index (χ4n) is 1.23. The molecule has 1 unspecified atom stereocenters. The van der Waals surface area contributed by atoms with Gasteiger partial charge in [0, 0.05) is 6.42 Å². The second-order valence-corrected chi connectivity index (χ2v) is 5.18. The van der Waals surface area contributed by atoms with Crippen LogP contribution in [0.5, 0.6) is 0 Å². The van der Waals surface area contributed by atoms with E-state index >= 15 is 0 Å². The third-order valence-corrected chi connectivity index (χ3v) is 3.09. The molecule has 25 heavy (non-hydrogen) atoms. The standard InChI is InChI=1S/C8H6F13O3P/c9-3(10,1-2-24-25(22)23)4(11,12)5(13,14)6(15,16)7(17,18)8(19,20)21/h25H,1-2H2,(H,22,23). The predicted molar refractivity (Wildman–Crippen MR) is 52.6 cm³/mol. The minimum Gasteiger partial charge on any atom is -0.326 e. The number of hydrogen-bond acceptors (Lipinski definition) is 2. The van der Waals surface area contributed by atoms with Gasteiger partial charge in [0.25, 0.3) is 0 Å². The van der Waals surface area contributed by atoms with Gasteiger partial charge in [-0.05, 0) is 0 Å². The minimum atomic E-state index is -7.96.